The number of likely N-dealkylation sites (tertiary alicyclic amines) is 1. The summed E-state index contributed by atoms with van der Waals surface area (Å²) in [7, 11) is 1.65. The second-order valence-corrected chi connectivity index (χ2v) is 6.96. The molecule has 1 aromatic rings. The molecule has 0 spiro atoms. The third-order valence-electron chi connectivity index (χ3n) is 3.87. The molecule has 0 aliphatic carbocycles. The number of rotatable bonds is 4. The maximum Gasteiger partial charge on any atom is 0.410 e. The molecule has 6 heteroatoms. The lowest BCUT2D eigenvalue weighted by Gasteiger charge is -2.24. The number of hydrogen-bond acceptors (Lipinski definition) is 5. The van der Waals surface area contributed by atoms with Crippen LogP contribution >= 0.6 is 0 Å². The number of carbonyl (C=O) groups is 1. The lowest BCUT2D eigenvalue weighted by molar-refractivity contribution is 0.0252. The maximum absolute atomic E-state index is 12.2. The van der Waals surface area contributed by atoms with Crippen molar-refractivity contribution in [3.8, 4) is 6.07 Å². The number of nitriles is 1. The molecule has 24 heavy (non-hydrogen) atoms. The number of ether oxygens (including phenoxy) is 2. The van der Waals surface area contributed by atoms with Gasteiger partial charge in [0.2, 0.25) is 0 Å². The van der Waals surface area contributed by atoms with Gasteiger partial charge in [-0.2, -0.15) is 5.26 Å². The fraction of sp³-hybridized carbons (Fsp3) is 0.556. The van der Waals surface area contributed by atoms with E-state index in [9.17, 15) is 4.79 Å². The Kier molecular flexibility index (Phi) is 5.81. The van der Waals surface area contributed by atoms with Gasteiger partial charge < -0.3 is 19.7 Å². The van der Waals surface area contributed by atoms with Crippen molar-refractivity contribution in [1.82, 2.24) is 10.2 Å². The Morgan fingerprint density at radius 1 is 1.33 bits per heavy atom. The predicted octanol–water partition coefficient (Wildman–Crippen LogP) is 2.28. The smallest absolute Gasteiger partial charge is 0.410 e. The van der Waals surface area contributed by atoms with Crippen molar-refractivity contribution in [3.05, 3.63) is 35.4 Å². The summed E-state index contributed by atoms with van der Waals surface area (Å²) in [6.45, 7) is 7.28. The molecule has 0 radical (unpaired) electrons. The fourth-order valence-electron chi connectivity index (χ4n) is 2.63. The van der Waals surface area contributed by atoms with Crippen LogP contribution in [-0.2, 0) is 16.0 Å². The Labute approximate surface area is 143 Å². The van der Waals surface area contributed by atoms with Gasteiger partial charge in [-0.05, 0) is 38.5 Å². The average molecular weight is 331 g/mol. The van der Waals surface area contributed by atoms with Crippen LogP contribution in [0.3, 0.4) is 0 Å². The number of carbonyl (C=O) groups excluding carboxylic acids is 1. The van der Waals surface area contributed by atoms with E-state index < -0.39 is 5.60 Å². The van der Waals surface area contributed by atoms with Crippen LogP contribution in [0.5, 0.6) is 0 Å². The SMILES string of the molecule is CO[C@H]1CN(C(=O)OC(C)(C)C)CC1NCc1ccc(C#N)cc1. The molecule has 0 bridgehead atoms. The largest absolute Gasteiger partial charge is 0.444 e. The third kappa shape index (κ3) is 4.95. The third-order valence-corrected chi connectivity index (χ3v) is 3.87. The van der Waals surface area contributed by atoms with Crippen LogP contribution in [0.25, 0.3) is 0 Å². The number of nitrogens with one attached hydrogen (secondary N) is 1. The van der Waals surface area contributed by atoms with E-state index in [0.29, 0.717) is 25.2 Å². The Balaban J connectivity index is 1.92. The van der Waals surface area contributed by atoms with Crippen LogP contribution in [0.15, 0.2) is 24.3 Å². The van der Waals surface area contributed by atoms with Crippen LogP contribution < -0.4 is 5.32 Å². The van der Waals surface area contributed by atoms with Gasteiger partial charge in [0, 0.05) is 20.2 Å². The van der Waals surface area contributed by atoms with Crippen LogP contribution in [0.4, 0.5) is 4.79 Å². The molecule has 0 aromatic heterocycles. The van der Waals surface area contributed by atoms with Crippen LogP contribution in [0.2, 0.25) is 0 Å². The van der Waals surface area contributed by atoms with Crippen LogP contribution in [0.1, 0.15) is 31.9 Å². The van der Waals surface area contributed by atoms with E-state index in [-0.39, 0.29) is 18.2 Å². The highest BCUT2D eigenvalue weighted by Gasteiger charge is 2.37. The molecule has 2 rings (SSSR count). The molecule has 0 saturated carbocycles. The van der Waals surface area contributed by atoms with Gasteiger partial charge in [-0.3, -0.25) is 0 Å². The molecule has 1 amide bonds. The second-order valence-electron chi connectivity index (χ2n) is 6.96. The molecule has 1 aliphatic heterocycles. The minimum Gasteiger partial charge on any atom is -0.444 e. The number of methoxy groups -OCH3 is 1. The van der Waals surface area contributed by atoms with Crippen molar-refractivity contribution in [3.63, 3.8) is 0 Å². The Hall–Kier alpha value is -2.10. The van der Waals surface area contributed by atoms with E-state index in [1.54, 1.807) is 24.1 Å². The number of nitrogens with zero attached hydrogens (tertiary/aromatic N) is 2. The van der Waals surface area contributed by atoms with E-state index >= 15 is 0 Å². The van der Waals surface area contributed by atoms with Crippen LogP contribution in [0, 0.1) is 11.3 Å². The van der Waals surface area contributed by atoms with Gasteiger partial charge in [0.25, 0.3) is 0 Å². The molecular formula is C18H25N3O3. The van der Waals surface area contributed by atoms with Gasteiger partial charge in [-0.1, -0.05) is 12.1 Å². The first-order chi connectivity index (χ1) is 11.3. The molecule has 2 atom stereocenters. The highest BCUT2D eigenvalue weighted by molar-refractivity contribution is 5.68. The van der Waals surface area contributed by atoms with Crippen LogP contribution in [-0.4, -0.2) is 48.9 Å². The predicted molar refractivity (Wildman–Crippen MR) is 90.4 cm³/mol. The molecule has 1 aliphatic rings. The molecule has 1 N–H and O–H groups in total. The van der Waals surface area contributed by atoms with Crippen molar-refractivity contribution in [2.45, 2.75) is 45.1 Å². The molecule has 1 unspecified atom stereocenters. The summed E-state index contributed by atoms with van der Waals surface area (Å²) in [5.41, 5.74) is 1.22. The first kappa shape index (κ1) is 18.2. The van der Waals surface area contributed by atoms with Crippen molar-refractivity contribution in [2.75, 3.05) is 20.2 Å². The fourth-order valence-corrected chi connectivity index (χ4v) is 2.63. The summed E-state index contributed by atoms with van der Waals surface area (Å²) in [6, 6.07) is 9.59. The zero-order chi connectivity index (χ0) is 17.7. The molecule has 6 nitrogen and oxygen atoms in total. The molecule has 1 heterocycles. The Bertz CT molecular complexity index is 601. The minimum atomic E-state index is -0.506. The molecule has 1 saturated heterocycles. The maximum atomic E-state index is 12.2. The molecule has 130 valence electrons. The average Bonchev–Trinajstić information content (AvgIpc) is 2.95. The van der Waals surface area contributed by atoms with E-state index in [0.717, 1.165) is 5.56 Å². The summed E-state index contributed by atoms with van der Waals surface area (Å²) in [5, 5.41) is 12.3. The van der Waals surface area contributed by atoms with Crippen molar-refractivity contribution in [2.24, 2.45) is 0 Å². The highest BCUT2D eigenvalue weighted by Crippen LogP contribution is 2.18. The zero-order valence-corrected chi connectivity index (χ0v) is 14.7. The lowest BCUT2D eigenvalue weighted by Crippen LogP contribution is -2.40. The van der Waals surface area contributed by atoms with E-state index in [4.69, 9.17) is 14.7 Å². The van der Waals surface area contributed by atoms with Crippen molar-refractivity contribution >= 4 is 6.09 Å². The van der Waals surface area contributed by atoms with Gasteiger partial charge in [-0.15, -0.1) is 0 Å². The van der Waals surface area contributed by atoms with E-state index in [1.165, 1.54) is 0 Å². The van der Waals surface area contributed by atoms with Crippen molar-refractivity contribution < 1.29 is 14.3 Å². The first-order valence-electron chi connectivity index (χ1n) is 8.05. The minimum absolute atomic E-state index is 0.0400. The normalized spacial score (nSPS) is 20.7. The quantitative estimate of drug-likeness (QED) is 0.916. The van der Waals surface area contributed by atoms with E-state index in [1.807, 2.05) is 32.9 Å². The summed E-state index contributed by atoms with van der Waals surface area (Å²) >= 11 is 0. The lowest BCUT2D eigenvalue weighted by atomic mass is 10.1. The first-order valence-corrected chi connectivity index (χ1v) is 8.05. The van der Waals surface area contributed by atoms with Gasteiger partial charge >= 0.3 is 6.09 Å². The molecule has 1 fully saturated rings. The highest BCUT2D eigenvalue weighted by atomic mass is 16.6. The standard InChI is InChI=1S/C18H25N3O3/c1-18(2,3)24-17(22)21-11-15(16(12-21)23-4)20-10-14-7-5-13(9-19)6-8-14/h5-8,15-16,20H,10-12H2,1-4H3/t15?,16-/m0/s1. The van der Waals surface area contributed by atoms with Gasteiger partial charge in [-0.25, -0.2) is 4.79 Å². The summed E-state index contributed by atoms with van der Waals surface area (Å²) < 4.78 is 10.9. The van der Waals surface area contributed by atoms with Gasteiger partial charge in [0.05, 0.1) is 30.3 Å². The van der Waals surface area contributed by atoms with Gasteiger partial charge in [0.1, 0.15) is 5.60 Å². The van der Waals surface area contributed by atoms with Crippen molar-refractivity contribution in [1.29, 1.82) is 5.26 Å². The summed E-state index contributed by atoms with van der Waals surface area (Å²) in [4.78, 5) is 13.9. The summed E-state index contributed by atoms with van der Waals surface area (Å²) in [5.74, 6) is 0. The Morgan fingerprint density at radius 2 is 2.00 bits per heavy atom. The van der Waals surface area contributed by atoms with Gasteiger partial charge in [0.15, 0.2) is 0 Å². The molecular weight excluding hydrogens is 306 g/mol. The zero-order valence-electron chi connectivity index (χ0n) is 14.7. The number of amides is 1. The topological polar surface area (TPSA) is 74.6 Å². The second kappa shape index (κ2) is 7.65. The molecule has 1 aromatic carbocycles. The summed E-state index contributed by atoms with van der Waals surface area (Å²) in [6.07, 6.45) is -0.386. The number of hydrogen-bond donors (Lipinski definition) is 1. The Morgan fingerprint density at radius 3 is 2.54 bits per heavy atom. The van der Waals surface area contributed by atoms with E-state index in [2.05, 4.69) is 11.4 Å². The number of benzene rings is 1. The monoisotopic (exact) mass is 331 g/mol.